The van der Waals surface area contributed by atoms with Crippen LogP contribution in [0.15, 0.2) is 6.07 Å². The van der Waals surface area contributed by atoms with Crippen LogP contribution in [-0.2, 0) is 16.3 Å². The van der Waals surface area contributed by atoms with Gasteiger partial charge in [-0.15, -0.1) is 0 Å². The third-order valence-electron chi connectivity index (χ3n) is 4.37. The van der Waals surface area contributed by atoms with Crippen LogP contribution in [0.4, 0.5) is 5.82 Å². The molecule has 0 spiro atoms. The molecule has 0 unspecified atom stereocenters. The Morgan fingerprint density at radius 3 is 2.82 bits per heavy atom. The van der Waals surface area contributed by atoms with E-state index in [9.17, 15) is 8.42 Å². The van der Waals surface area contributed by atoms with Crippen molar-refractivity contribution in [3.05, 3.63) is 23.0 Å². The molecule has 1 saturated heterocycles. The van der Waals surface area contributed by atoms with Gasteiger partial charge in [0.2, 0.25) is 0 Å². The molecule has 3 rings (SSSR count). The van der Waals surface area contributed by atoms with E-state index in [2.05, 4.69) is 22.3 Å². The summed E-state index contributed by atoms with van der Waals surface area (Å²) >= 11 is 0. The highest BCUT2D eigenvalue weighted by molar-refractivity contribution is 7.91. The minimum absolute atomic E-state index is 0.177. The van der Waals surface area contributed by atoms with Crippen LogP contribution >= 0.6 is 0 Å². The summed E-state index contributed by atoms with van der Waals surface area (Å²) in [6.45, 7) is 6.73. The van der Waals surface area contributed by atoms with Gasteiger partial charge in [0.1, 0.15) is 5.82 Å². The molecule has 3 heterocycles. The van der Waals surface area contributed by atoms with Crippen LogP contribution in [0, 0.1) is 19.8 Å². The van der Waals surface area contributed by atoms with Gasteiger partial charge in [0, 0.05) is 23.9 Å². The molecule has 22 heavy (non-hydrogen) atoms. The SMILES string of the molecule is CCc1cc(NC[C@H]2CCS(=O)(=O)C2)n2nc(C)c(C)c2n1. The molecule has 7 heteroatoms. The standard InChI is InChI=1S/C15H22N4O2S/c1-4-13-7-14(16-8-12-5-6-22(20,21)9-12)19-15(17-13)10(2)11(3)18-19/h7,12,16H,4-6,8-9H2,1-3H3/t12-/m1/s1. The molecule has 1 fully saturated rings. The van der Waals surface area contributed by atoms with Crippen molar-refractivity contribution in [2.45, 2.75) is 33.6 Å². The Balaban J connectivity index is 1.88. The third-order valence-corrected chi connectivity index (χ3v) is 6.21. The van der Waals surface area contributed by atoms with Crippen molar-refractivity contribution in [1.82, 2.24) is 14.6 Å². The van der Waals surface area contributed by atoms with Gasteiger partial charge >= 0.3 is 0 Å². The zero-order valence-electron chi connectivity index (χ0n) is 13.3. The van der Waals surface area contributed by atoms with E-state index in [0.717, 1.165) is 41.3 Å². The number of aromatic nitrogens is 3. The van der Waals surface area contributed by atoms with E-state index in [1.165, 1.54) is 0 Å². The molecule has 1 aliphatic rings. The number of rotatable bonds is 4. The predicted molar refractivity (Wildman–Crippen MR) is 87.1 cm³/mol. The molecule has 0 bridgehead atoms. The number of fused-ring (bicyclic) bond motifs is 1. The highest BCUT2D eigenvalue weighted by atomic mass is 32.2. The number of aryl methyl sites for hydroxylation is 3. The van der Waals surface area contributed by atoms with E-state index in [0.29, 0.717) is 12.3 Å². The first kappa shape index (κ1) is 15.3. The normalized spacial score (nSPS) is 20.6. The van der Waals surface area contributed by atoms with Crippen molar-refractivity contribution >= 4 is 21.3 Å². The van der Waals surface area contributed by atoms with E-state index < -0.39 is 9.84 Å². The zero-order valence-corrected chi connectivity index (χ0v) is 14.1. The number of nitrogens with one attached hydrogen (secondary N) is 1. The van der Waals surface area contributed by atoms with E-state index in [1.807, 2.05) is 24.4 Å². The molecule has 2 aromatic heterocycles. The third kappa shape index (κ3) is 2.82. The number of hydrogen-bond donors (Lipinski definition) is 1. The maximum atomic E-state index is 11.6. The molecule has 2 aromatic rings. The second-order valence-electron chi connectivity index (χ2n) is 6.08. The van der Waals surface area contributed by atoms with Crippen molar-refractivity contribution < 1.29 is 8.42 Å². The van der Waals surface area contributed by atoms with E-state index in [1.54, 1.807) is 0 Å². The number of hydrogen-bond acceptors (Lipinski definition) is 5. The Bertz CT molecular complexity index is 811. The Morgan fingerprint density at radius 2 is 2.18 bits per heavy atom. The van der Waals surface area contributed by atoms with Crippen molar-refractivity contribution in [3.8, 4) is 0 Å². The first-order valence-corrected chi connectivity index (χ1v) is 9.52. The van der Waals surface area contributed by atoms with Gasteiger partial charge in [0.05, 0.1) is 17.2 Å². The molecule has 0 aliphatic carbocycles. The minimum Gasteiger partial charge on any atom is -0.370 e. The molecule has 1 aliphatic heterocycles. The van der Waals surface area contributed by atoms with Crippen molar-refractivity contribution in [1.29, 1.82) is 0 Å². The van der Waals surface area contributed by atoms with Crippen LogP contribution in [0.1, 0.15) is 30.3 Å². The molecule has 6 nitrogen and oxygen atoms in total. The molecule has 0 aromatic carbocycles. The van der Waals surface area contributed by atoms with Crippen LogP contribution in [0.25, 0.3) is 5.65 Å². The van der Waals surface area contributed by atoms with Gasteiger partial charge in [-0.1, -0.05) is 6.92 Å². The maximum Gasteiger partial charge on any atom is 0.160 e. The molecule has 0 amide bonds. The molecule has 1 N–H and O–H groups in total. The summed E-state index contributed by atoms with van der Waals surface area (Å²) in [6.07, 6.45) is 1.59. The summed E-state index contributed by atoms with van der Waals surface area (Å²) in [5, 5.41) is 7.91. The van der Waals surface area contributed by atoms with E-state index >= 15 is 0 Å². The molecular formula is C15H22N4O2S. The van der Waals surface area contributed by atoms with Gasteiger partial charge in [-0.25, -0.2) is 13.4 Å². The minimum atomic E-state index is -2.83. The zero-order chi connectivity index (χ0) is 15.9. The smallest absolute Gasteiger partial charge is 0.160 e. The largest absolute Gasteiger partial charge is 0.370 e. The molecule has 0 saturated carbocycles. The average molecular weight is 322 g/mol. The highest BCUT2D eigenvalue weighted by Gasteiger charge is 2.27. The first-order valence-electron chi connectivity index (χ1n) is 7.70. The Labute approximate surface area is 130 Å². The lowest BCUT2D eigenvalue weighted by atomic mass is 10.1. The molecular weight excluding hydrogens is 300 g/mol. The fraction of sp³-hybridized carbons (Fsp3) is 0.600. The van der Waals surface area contributed by atoms with Crippen LogP contribution in [0.5, 0.6) is 0 Å². The molecule has 1 atom stereocenters. The summed E-state index contributed by atoms with van der Waals surface area (Å²) in [7, 11) is -2.83. The monoisotopic (exact) mass is 322 g/mol. The lowest BCUT2D eigenvalue weighted by Gasteiger charge is -2.13. The van der Waals surface area contributed by atoms with Crippen LogP contribution in [0.2, 0.25) is 0 Å². The van der Waals surface area contributed by atoms with Crippen LogP contribution < -0.4 is 5.32 Å². The van der Waals surface area contributed by atoms with Gasteiger partial charge in [-0.2, -0.15) is 9.61 Å². The Kier molecular flexibility index (Phi) is 3.84. The van der Waals surface area contributed by atoms with Gasteiger partial charge in [0.25, 0.3) is 0 Å². The highest BCUT2D eigenvalue weighted by Crippen LogP contribution is 2.22. The maximum absolute atomic E-state index is 11.6. The van der Waals surface area contributed by atoms with Crippen LogP contribution in [0.3, 0.4) is 0 Å². The lowest BCUT2D eigenvalue weighted by Crippen LogP contribution is -2.17. The summed E-state index contributed by atoms with van der Waals surface area (Å²) in [6, 6.07) is 2.00. The Hall–Kier alpha value is -1.63. The quantitative estimate of drug-likeness (QED) is 0.928. The van der Waals surface area contributed by atoms with Gasteiger partial charge in [-0.3, -0.25) is 0 Å². The Morgan fingerprint density at radius 1 is 1.41 bits per heavy atom. The number of nitrogens with zero attached hydrogens (tertiary/aromatic N) is 3. The lowest BCUT2D eigenvalue weighted by molar-refractivity contribution is 0.595. The summed E-state index contributed by atoms with van der Waals surface area (Å²) in [5.74, 6) is 1.66. The fourth-order valence-corrected chi connectivity index (χ4v) is 4.73. The molecule has 120 valence electrons. The first-order chi connectivity index (χ1) is 10.4. The average Bonchev–Trinajstić information content (AvgIpc) is 2.97. The number of sulfone groups is 1. The van der Waals surface area contributed by atoms with Crippen molar-refractivity contribution in [2.24, 2.45) is 5.92 Å². The summed E-state index contributed by atoms with van der Waals surface area (Å²) in [5.41, 5.74) is 3.93. The van der Waals surface area contributed by atoms with E-state index in [4.69, 9.17) is 0 Å². The second kappa shape index (κ2) is 5.53. The predicted octanol–water partition coefficient (Wildman–Crippen LogP) is 1.76. The van der Waals surface area contributed by atoms with Crippen molar-refractivity contribution in [2.75, 3.05) is 23.4 Å². The van der Waals surface area contributed by atoms with Crippen molar-refractivity contribution in [3.63, 3.8) is 0 Å². The fourth-order valence-electron chi connectivity index (χ4n) is 2.87. The van der Waals surface area contributed by atoms with Gasteiger partial charge in [0.15, 0.2) is 15.5 Å². The number of anilines is 1. The topological polar surface area (TPSA) is 76.4 Å². The molecule has 0 radical (unpaired) electrons. The van der Waals surface area contributed by atoms with E-state index in [-0.39, 0.29) is 11.7 Å². The summed E-state index contributed by atoms with van der Waals surface area (Å²) in [4.78, 5) is 4.64. The summed E-state index contributed by atoms with van der Waals surface area (Å²) < 4.78 is 24.9. The van der Waals surface area contributed by atoms with Gasteiger partial charge < -0.3 is 5.32 Å². The van der Waals surface area contributed by atoms with Gasteiger partial charge in [-0.05, 0) is 32.6 Å². The second-order valence-corrected chi connectivity index (χ2v) is 8.31. The van der Waals surface area contributed by atoms with Crippen LogP contribution in [-0.4, -0.2) is 41.1 Å².